The number of aryl methyl sites for hydroxylation is 2. The monoisotopic (exact) mass is 230 g/mol. The quantitative estimate of drug-likeness (QED) is 0.820. The molecule has 90 valence electrons. The van der Waals surface area contributed by atoms with Gasteiger partial charge in [0.25, 0.3) is 0 Å². The van der Waals surface area contributed by atoms with Crippen LogP contribution in [-0.2, 0) is 13.6 Å². The van der Waals surface area contributed by atoms with Gasteiger partial charge in [-0.25, -0.2) is 0 Å². The van der Waals surface area contributed by atoms with Crippen LogP contribution >= 0.6 is 0 Å². The maximum Gasteiger partial charge on any atom is 0.0539 e. The van der Waals surface area contributed by atoms with Gasteiger partial charge in [0.05, 0.1) is 6.20 Å². The van der Waals surface area contributed by atoms with Gasteiger partial charge in [0.2, 0.25) is 0 Å². The fourth-order valence-corrected chi connectivity index (χ4v) is 1.93. The van der Waals surface area contributed by atoms with E-state index >= 15 is 0 Å². The molecule has 17 heavy (non-hydrogen) atoms. The highest BCUT2D eigenvalue weighted by atomic mass is 15.2. The summed E-state index contributed by atoms with van der Waals surface area (Å²) in [5, 5.41) is 4.16. The number of hydrogen-bond acceptors (Lipinski definition) is 3. The summed E-state index contributed by atoms with van der Waals surface area (Å²) in [5.41, 5.74) is 10.2. The molecule has 2 rings (SSSR count). The van der Waals surface area contributed by atoms with Crippen LogP contribution in [0.5, 0.6) is 0 Å². The number of aromatic nitrogens is 2. The molecule has 0 amide bonds. The standard InChI is InChI=1S/C13H18N4/c1-10-4-12(14)6-13(5-10)16(2)8-11-7-15-17(3)9-11/h4-7,9H,8,14H2,1-3H3. The molecule has 0 radical (unpaired) electrons. The van der Waals surface area contributed by atoms with Gasteiger partial charge in [-0.1, -0.05) is 0 Å². The highest BCUT2D eigenvalue weighted by Gasteiger charge is 2.05. The van der Waals surface area contributed by atoms with Gasteiger partial charge in [-0.2, -0.15) is 5.10 Å². The van der Waals surface area contributed by atoms with Crippen molar-refractivity contribution in [3.8, 4) is 0 Å². The lowest BCUT2D eigenvalue weighted by molar-refractivity contribution is 0.766. The second kappa shape index (κ2) is 4.49. The Bertz CT molecular complexity index is 496. The summed E-state index contributed by atoms with van der Waals surface area (Å²) >= 11 is 0. The Balaban J connectivity index is 2.16. The molecule has 0 aliphatic heterocycles. The third-order valence-corrected chi connectivity index (χ3v) is 2.70. The summed E-state index contributed by atoms with van der Waals surface area (Å²) in [7, 11) is 3.98. The Morgan fingerprint density at radius 1 is 1.35 bits per heavy atom. The first-order valence-corrected chi connectivity index (χ1v) is 5.60. The minimum absolute atomic E-state index is 0.804. The molecule has 0 saturated heterocycles. The van der Waals surface area contributed by atoms with Gasteiger partial charge in [0.15, 0.2) is 0 Å². The van der Waals surface area contributed by atoms with E-state index in [-0.39, 0.29) is 0 Å². The predicted octanol–water partition coefficient (Wildman–Crippen LogP) is 1.95. The van der Waals surface area contributed by atoms with Gasteiger partial charge in [-0.05, 0) is 30.7 Å². The average molecular weight is 230 g/mol. The van der Waals surface area contributed by atoms with Crippen molar-refractivity contribution in [1.82, 2.24) is 9.78 Å². The molecule has 2 N–H and O–H groups in total. The van der Waals surface area contributed by atoms with E-state index < -0.39 is 0 Å². The molecule has 0 bridgehead atoms. The van der Waals surface area contributed by atoms with Crippen LogP contribution in [0.2, 0.25) is 0 Å². The Hall–Kier alpha value is -1.97. The summed E-state index contributed by atoms with van der Waals surface area (Å²) in [6.07, 6.45) is 3.91. The minimum atomic E-state index is 0.804. The van der Waals surface area contributed by atoms with Crippen LogP contribution in [0.4, 0.5) is 11.4 Å². The van der Waals surface area contributed by atoms with Crippen molar-refractivity contribution < 1.29 is 0 Å². The first kappa shape index (κ1) is 11.5. The topological polar surface area (TPSA) is 47.1 Å². The van der Waals surface area contributed by atoms with E-state index in [2.05, 4.69) is 30.0 Å². The average Bonchev–Trinajstić information content (AvgIpc) is 2.62. The minimum Gasteiger partial charge on any atom is -0.399 e. The number of anilines is 2. The predicted molar refractivity (Wildman–Crippen MR) is 70.9 cm³/mol. The van der Waals surface area contributed by atoms with Crippen molar-refractivity contribution in [3.63, 3.8) is 0 Å². The lowest BCUT2D eigenvalue weighted by atomic mass is 10.2. The first-order chi connectivity index (χ1) is 8.04. The van der Waals surface area contributed by atoms with Crippen molar-refractivity contribution in [1.29, 1.82) is 0 Å². The van der Waals surface area contributed by atoms with Gasteiger partial charge in [0.1, 0.15) is 0 Å². The Labute approximate surface area is 102 Å². The molecule has 0 aliphatic rings. The van der Waals surface area contributed by atoms with E-state index in [1.165, 1.54) is 11.1 Å². The van der Waals surface area contributed by atoms with E-state index in [9.17, 15) is 0 Å². The summed E-state index contributed by atoms with van der Waals surface area (Å²) in [6, 6.07) is 6.09. The SMILES string of the molecule is Cc1cc(N)cc(N(C)Cc2cnn(C)c2)c1. The van der Waals surface area contributed by atoms with E-state index in [0.717, 1.165) is 17.9 Å². The molecule has 2 aromatic rings. The molecule has 4 heteroatoms. The number of benzene rings is 1. The van der Waals surface area contributed by atoms with Crippen LogP contribution < -0.4 is 10.6 Å². The van der Waals surface area contributed by atoms with Crippen LogP contribution in [0.25, 0.3) is 0 Å². The van der Waals surface area contributed by atoms with E-state index in [1.807, 2.05) is 36.3 Å². The second-order valence-corrected chi connectivity index (χ2v) is 4.48. The molecule has 4 nitrogen and oxygen atoms in total. The van der Waals surface area contributed by atoms with Crippen LogP contribution in [-0.4, -0.2) is 16.8 Å². The lowest BCUT2D eigenvalue weighted by Crippen LogP contribution is -2.16. The molecule has 1 aromatic carbocycles. The lowest BCUT2D eigenvalue weighted by Gasteiger charge is -2.19. The summed E-state index contributed by atoms with van der Waals surface area (Å²) < 4.78 is 1.81. The van der Waals surface area contributed by atoms with Gasteiger partial charge in [-0.3, -0.25) is 4.68 Å². The highest BCUT2D eigenvalue weighted by Crippen LogP contribution is 2.20. The first-order valence-electron chi connectivity index (χ1n) is 5.60. The molecular weight excluding hydrogens is 212 g/mol. The summed E-state index contributed by atoms with van der Waals surface area (Å²) in [4.78, 5) is 2.17. The molecule has 0 saturated carbocycles. The molecule has 0 unspecified atom stereocenters. The third-order valence-electron chi connectivity index (χ3n) is 2.70. The smallest absolute Gasteiger partial charge is 0.0539 e. The maximum absolute atomic E-state index is 5.85. The van der Waals surface area contributed by atoms with Crippen LogP contribution in [0.1, 0.15) is 11.1 Å². The molecule has 0 fully saturated rings. The molecule has 1 heterocycles. The fraction of sp³-hybridized carbons (Fsp3) is 0.308. The largest absolute Gasteiger partial charge is 0.399 e. The molecular formula is C13H18N4. The zero-order valence-electron chi connectivity index (χ0n) is 10.5. The molecule has 0 aliphatic carbocycles. The summed E-state index contributed by atoms with van der Waals surface area (Å²) in [6.45, 7) is 2.88. The van der Waals surface area contributed by atoms with Gasteiger partial charge in [-0.15, -0.1) is 0 Å². The number of nitrogens with zero attached hydrogens (tertiary/aromatic N) is 3. The van der Waals surface area contributed by atoms with Crippen molar-refractivity contribution >= 4 is 11.4 Å². The Morgan fingerprint density at radius 3 is 2.71 bits per heavy atom. The Morgan fingerprint density at radius 2 is 2.12 bits per heavy atom. The van der Waals surface area contributed by atoms with Crippen LogP contribution in [0, 0.1) is 6.92 Å². The van der Waals surface area contributed by atoms with Crippen LogP contribution in [0.15, 0.2) is 30.6 Å². The van der Waals surface area contributed by atoms with Gasteiger partial charge < -0.3 is 10.6 Å². The molecule has 0 atom stereocenters. The van der Waals surface area contributed by atoms with Gasteiger partial charge in [0, 0.05) is 43.8 Å². The van der Waals surface area contributed by atoms with Gasteiger partial charge >= 0.3 is 0 Å². The zero-order valence-corrected chi connectivity index (χ0v) is 10.5. The number of nitrogens with two attached hydrogens (primary N) is 1. The number of nitrogen functional groups attached to an aromatic ring is 1. The number of rotatable bonds is 3. The molecule has 1 aromatic heterocycles. The van der Waals surface area contributed by atoms with Crippen molar-refractivity contribution in [2.45, 2.75) is 13.5 Å². The zero-order chi connectivity index (χ0) is 12.4. The van der Waals surface area contributed by atoms with E-state index in [1.54, 1.807) is 0 Å². The van der Waals surface area contributed by atoms with E-state index in [0.29, 0.717) is 0 Å². The summed E-state index contributed by atoms with van der Waals surface area (Å²) in [5.74, 6) is 0. The Kier molecular flexibility index (Phi) is 3.04. The highest BCUT2D eigenvalue weighted by molar-refractivity contribution is 5.58. The second-order valence-electron chi connectivity index (χ2n) is 4.48. The molecule has 0 spiro atoms. The normalized spacial score (nSPS) is 10.5. The van der Waals surface area contributed by atoms with Crippen LogP contribution in [0.3, 0.4) is 0 Å². The third kappa shape index (κ3) is 2.78. The van der Waals surface area contributed by atoms with Crippen molar-refractivity contribution in [3.05, 3.63) is 41.7 Å². The van der Waals surface area contributed by atoms with Crippen molar-refractivity contribution in [2.75, 3.05) is 17.7 Å². The van der Waals surface area contributed by atoms with E-state index in [4.69, 9.17) is 5.73 Å². The fourth-order valence-electron chi connectivity index (χ4n) is 1.93. The maximum atomic E-state index is 5.85. The van der Waals surface area contributed by atoms with Crippen molar-refractivity contribution in [2.24, 2.45) is 7.05 Å². The number of hydrogen-bond donors (Lipinski definition) is 1.